The molecule has 190 valence electrons. The number of pyridine rings is 2. The van der Waals surface area contributed by atoms with Crippen molar-refractivity contribution in [3.8, 4) is 11.3 Å². The molecule has 0 spiro atoms. The van der Waals surface area contributed by atoms with Crippen LogP contribution in [0.1, 0.15) is 28.0 Å². The van der Waals surface area contributed by atoms with Gasteiger partial charge in [0.1, 0.15) is 12.0 Å². The lowest BCUT2D eigenvalue weighted by Crippen LogP contribution is -2.35. The zero-order valence-corrected chi connectivity index (χ0v) is 20.4. The van der Waals surface area contributed by atoms with Crippen molar-refractivity contribution in [3.05, 3.63) is 96.6 Å². The summed E-state index contributed by atoms with van der Waals surface area (Å²) in [6, 6.07) is 16.8. The molecule has 0 bridgehead atoms. The number of alkyl halides is 1. The maximum absolute atomic E-state index is 13.4. The Kier molecular flexibility index (Phi) is 5.95. The molecule has 38 heavy (non-hydrogen) atoms. The summed E-state index contributed by atoms with van der Waals surface area (Å²) in [6.45, 7) is 5.05. The van der Waals surface area contributed by atoms with Crippen molar-refractivity contribution in [1.29, 1.82) is 0 Å². The van der Waals surface area contributed by atoms with Gasteiger partial charge in [0.15, 0.2) is 0 Å². The first-order chi connectivity index (χ1) is 18.5. The number of halogens is 1. The number of H-pyrrole nitrogens is 1. The van der Waals surface area contributed by atoms with Gasteiger partial charge in [0.05, 0.1) is 23.8 Å². The monoisotopic (exact) mass is 508 g/mol. The molecule has 1 unspecified atom stereocenters. The highest BCUT2D eigenvalue weighted by atomic mass is 19.1. The van der Waals surface area contributed by atoms with Crippen LogP contribution in [0, 0.1) is 5.92 Å². The maximum Gasteiger partial charge on any atom is 0.254 e. The van der Waals surface area contributed by atoms with E-state index in [2.05, 4.69) is 32.2 Å². The number of para-hydroxylation sites is 1. The van der Waals surface area contributed by atoms with E-state index in [1.807, 2.05) is 36.4 Å². The van der Waals surface area contributed by atoms with Crippen molar-refractivity contribution >= 4 is 34.6 Å². The molecule has 2 amide bonds. The van der Waals surface area contributed by atoms with Crippen LogP contribution in [0.2, 0.25) is 0 Å². The Morgan fingerprint density at radius 2 is 1.82 bits per heavy atom. The summed E-state index contributed by atoms with van der Waals surface area (Å²) in [4.78, 5) is 39.0. The van der Waals surface area contributed by atoms with Gasteiger partial charge in [-0.3, -0.25) is 14.6 Å². The van der Waals surface area contributed by atoms with Gasteiger partial charge in [-0.25, -0.2) is 9.37 Å². The molecular weight excluding hydrogens is 483 g/mol. The summed E-state index contributed by atoms with van der Waals surface area (Å²) in [5, 5.41) is 6.24. The predicted octanol–water partition coefficient (Wildman–Crippen LogP) is 5.18. The van der Waals surface area contributed by atoms with E-state index in [1.54, 1.807) is 41.7 Å². The maximum atomic E-state index is 13.4. The molecule has 4 heterocycles. The van der Waals surface area contributed by atoms with Crippen LogP contribution in [0.4, 0.5) is 21.6 Å². The van der Waals surface area contributed by atoms with E-state index in [9.17, 15) is 14.0 Å². The minimum atomic E-state index is -1.08. The first-order valence-corrected chi connectivity index (χ1v) is 12.3. The second-order valence-corrected chi connectivity index (χ2v) is 9.50. The van der Waals surface area contributed by atoms with Gasteiger partial charge in [0.2, 0.25) is 5.91 Å². The third kappa shape index (κ3) is 4.54. The molecule has 1 fully saturated rings. The Balaban J connectivity index is 1.37. The Bertz CT molecular complexity index is 1540. The molecule has 3 N–H and O–H groups in total. The Morgan fingerprint density at radius 3 is 2.55 bits per heavy atom. The molecule has 3 aromatic heterocycles. The number of benzene rings is 1. The van der Waals surface area contributed by atoms with Gasteiger partial charge in [-0.15, -0.1) is 0 Å². The van der Waals surface area contributed by atoms with Gasteiger partial charge < -0.3 is 20.5 Å². The highest BCUT2D eigenvalue weighted by molar-refractivity contribution is 5.98. The number of rotatable bonds is 6. The molecule has 2 atom stereocenters. The van der Waals surface area contributed by atoms with E-state index >= 15 is 0 Å². The molecule has 4 aromatic rings. The minimum Gasteiger partial charge on any atom is -0.355 e. The number of fused-ring (bicyclic) bond motifs is 1. The molecule has 0 radical (unpaired) electrons. The van der Waals surface area contributed by atoms with Crippen LogP contribution in [0.25, 0.3) is 16.8 Å². The van der Waals surface area contributed by atoms with Gasteiger partial charge in [0, 0.05) is 53.2 Å². The van der Waals surface area contributed by atoms with Crippen molar-refractivity contribution in [1.82, 2.24) is 19.9 Å². The topological polar surface area (TPSA) is 103 Å². The zero-order chi connectivity index (χ0) is 26.2. The summed E-state index contributed by atoms with van der Waals surface area (Å²) in [5.41, 5.74) is 6.37. The van der Waals surface area contributed by atoms with E-state index in [0.29, 0.717) is 24.5 Å². The normalized spacial score (nSPS) is 18.0. The third-order valence-corrected chi connectivity index (χ3v) is 6.77. The zero-order valence-electron chi connectivity index (χ0n) is 20.4. The lowest BCUT2D eigenvalue weighted by atomic mass is 9.98. The number of hydrogen-bond donors (Lipinski definition) is 3. The van der Waals surface area contributed by atoms with Crippen LogP contribution in [0.3, 0.4) is 0 Å². The van der Waals surface area contributed by atoms with Crippen LogP contribution in [-0.4, -0.2) is 44.4 Å². The standard InChI is InChI=1S/C29H25FN6O2/c1-17-15-36(29(38)18-7-10-31-11-8-18)16-23-25(17)27(33-20-5-3-2-4-6-20)26(34-23)19-9-12-32-24(13-19)35-28(37)21-14-22(21)30/h2-13,21-22,33-34H,1,14-16H2,(H,32,35,37)/t21?,22-/m0/s1. The highest BCUT2D eigenvalue weighted by Gasteiger charge is 2.43. The van der Waals surface area contributed by atoms with E-state index in [0.717, 1.165) is 39.5 Å². The number of aromatic amines is 1. The molecule has 6 rings (SSSR count). The average Bonchev–Trinajstić information content (AvgIpc) is 3.57. The van der Waals surface area contributed by atoms with Crippen LogP contribution >= 0.6 is 0 Å². The van der Waals surface area contributed by atoms with E-state index < -0.39 is 12.1 Å². The Morgan fingerprint density at radius 1 is 1.05 bits per heavy atom. The molecule has 1 aliphatic carbocycles. The number of aromatic nitrogens is 3. The van der Waals surface area contributed by atoms with Gasteiger partial charge in [0.25, 0.3) is 5.91 Å². The predicted molar refractivity (Wildman–Crippen MR) is 143 cm³/mol. The van der Waals surface area contributed by atoms with Crippen molar-refractivity contribution in [3.63, 3.8) is 0 Å². The Labute approximate surface area is 218 Å². The number of hydrogen-bond acceptors (Lipinski definition) is 5. The van der Waals surface area contributed by atoms with Gasteiger partial charge in [-0.05, 0) is 48.4 Å². The number of nitrogens with zero attached hydrogens (tertiary/aromatic N) is 3. The van der Waals surface area contributed by atoms with Crippen molar-refractivity contribution in [2.75, 3.05) is 17.2 Å². The smallest absolute Gasteiger partial charge is 0.254 e. The fraction of sp³-hybridized carbons (Fsp3) is 0.172. The lowest BCUT2D eigenvalue weighted by molar-refractivity contribution is -0.117. The second kappa shape index (κ2) is 9.59. The van der Waals surface area contributed by atoms with Gasteiger partial charge in [-0.1, -0.05) is 24.8 Å². The molecule has 9 heteroatoms. The molecule has 0 saturated heterocycles. The molecule has 1 aliphatic heterocycles. The fourth-order valence-electron chi connectivity index (χ4n) is 4.75. The number of amides is 2. The fourth-order valence-corrected chi connectivity index (χ4v) is 4.75. The minimum absolute atomic E-state index is 0.104. The summed E-state index contributed by atoms with van der Waals surface area (Å²) >= 11 is 0. The summed E-state index contributed by atoms with van der Waals surface area (Å²) in [6.07, 6.45) is 3.96. The van der Waals surface area contributed by atoms with Crippen LogP contribution in [0.15, 0.2) is 79.8 Å². The first-order valence-electron chi connectivity index (χ1n) is 12.3. The summed E-state index contributed by atoms with van der Waals surface area (Å²) in [7, 11) is 0. The highest BCUT2D eigenvalue weighted by Crippen LogP contribution is 2.42. The quantitative estimate of drug-likeness (QED) is 0.333. The molecular formula is C29H25FN6O2. The van der Waals surface area contributed by atoms with Crippen LogP contribution in [0.5, 0.6) is 0 Å². The SMILES string of the molecule is C=C1CN(C(=O)c2ccncc2)Cc2[nH]c(-c3ccnc(NC(=O)C4C[C@@H]4F)c3)c(Nc3ccccc3)c21. The molecule has 2 aliphatic rings. The van der Waals surface area contributed by atoms with E-state index in [1.165, 1.54) is 0 Å². The van der Waals surface area contributed by atoms with Crippen molar-refractivity contribution in [2.24, 2.45) is 5.92 Å². The lowest BCUT2D eigenvalue weighted by Gasteiger charge is -2.29. The average molecular weight is 509 g/mol. The molecule has 8 nitrogen and oxygen atoms in total. The summed E-state index contributed by atoms with van der Waals surface area (Å²) < 4.78 is 13.4. The number of anilines is 3. The Hall–Kier alpha value is -4.79. The molecule has 1 saturated carbocycles. The van der Waals surface area contributed by atoms with Crippen molar-refractivity contribution < 1.29 is 14.0 Å². The largest absolute Gasteiger partial charge is 0.355 e. The third-order valence-electron chi connectivity index (χ3n) is 6.77. The first kappa shape index (κ1) is 23.6. The van der Waals surface area contributed by atoms with Crippen LogP contribution < -0.4 is 10.6 Å². The van der Waals surface area contributed by atoms with E-state index in [4.69, 9.17) is 0 Å². The number of carbonyl (C=O) groups is 2. The van der Waals surface area contributed by atoms with Gasteiger partial charge >= 0.3 is 0 Å². The number of carbonyl (C=O) groups excluding carboxylic acids is 2. The van der Waals surface area contributed by atoms with E-state index in [-0.39, 0.29) is 18.2 Å². The van der Waals surface area contributed by atoms with Crippen molar-refractivity contribution in [2.45, 2.75) is 19.1 Å². The number of nitrogens with one attached hydrogen (secondary N) is 3. The van der Waals surface area contributed by atoms with Crippen LogP contribution in [-0.2, 0) is 11.3 Å². The van der Waals surface area contributed by atoms with Gasteiger partial charge in [-0.2, -0.15) is 0 Å². The molecule has 1 aromatic carbocycles. The summed E-state index contributed by atoms with van der Waals surface area (Å²) in [5.74, 6) is -0.735. The second-order valence-electron chi connectivity index (χ2n) is 9.50.